The van der Waals surface area contributed by atoms with Crippen LogP contribution in [-0.2, 0) is 9.47 Å². The highest BCUT2D eigenvalue weighted by Crippen LogP contribution is 2.12. The predicted octanol–water partition coefficient (Wildman–Crippen LogP) is 2.26. The molecule has 0 saturated heterocycles. The molecule has 0 aromatic heterocycles. The average molecular weight is 262 g/mol. The van der Waals surface area contributed by atoms with Crippen molar-refractivity contribution in [1.29, 1.82) is 0 Å². The van der Waals surface area contributed by atoms with Gasteiger partial charge in [-0.05, 0) is 18.2 Å². The van der Waals surface area contributed by atoms with Crippen molar-refractivity contribution in [1.82, 2.24) is 0 Å². The molecule has 0 radical (unpaired) electrons. The van der Waals surface area contributed by atoms with E-state index in [2.05, 4.69) is 6.58 Å². The largest absolute Gasteiger partial charge is 0.516 e. The number of benzene rings is 1. The smallest absolute Gasteiger partial charge is 0.339 e. The van der Waals surface area contributed by atoms with Gasteiger partial charge in [-0.2, -0.15) is 0 Å². The summed E-state index contributed by atoms with van der Waals surface area (Å²) in [7, 11) is 0. The Hall–Kier alpha value is -2.56. The van der Waals surface area contributed by atoms with Crippen molar-refractivity contribution in [2.45, 2.75) is 0 Å². The zero-order valence-electron chi connectivity index (χ0n) is 10.2. The molecule has 5 nitrogen and oxygen atoms in total. The fraction of sp³-hybridized carbons (Fsp3) is 0.143. The van der Waals surface area contributed by atoms with E-state index in [1.807, 2.05) is 0 Å². The van der Waals surface area contributed by atoms with Crippen LogP contribution in [0.1, 0.15) is 20.7 Å². The first kappa shape index (κ1) is 14.5. The summed E-state index contributed by atoms with van der Waals surface area (Å²) in [5.74, 6) is -1.28. The molecule has 0 unspecified atom stereocenters. The third kappa shape index (κ3) is 4.31. The van der Waals surface area contributed by atoms with Crippen molar-refractivity contribution in [3.05, 3.63) is 60.4 Å². The number of esters is 2. The minimum atomic E-state index is -0.663. The SMILES string of the molecule is C=CCOC(=O)c1ccccc1C(=O)OCC=CO. The van der Waals surface area contributed by atoms with Crippen molar-refractivity contribution in [3.63, 3.8) is 0 Å². The summed E-state index contributed by atoms with van der Waals surface area (Å²) in [6.07, 6.45) is 3.47. The van der Waals surface area contributed by atoms with Gasteiger partial charge in [0, 0.05) is 0 Å². The Morgan fingerprint density at radius 2 is 1.63 bits per heavy atom. The second kappa shape index (κ2) is 7.71. The fourth-order valence-electron chi connectivity index (χ4n) is 1.30. The number of rotatable bonds is 6. The lowest BCUT2D eigenvalue weighted by atomic mass is 10.1. The minimum absolute atomic E-state index is 0.0649. The van der Waals surface area contributed by atoms with Crippen LogP contribution in [0, 0.1) is 0 Å². The summed E-state index contributed by atoms with van der Waals surface area (Å²) in [6.45, 7) is 3.42. The van der Waals surface area contributed by atoms with E-state index in [1.165, 1.54) is 24.3 Å². The molecule has 0 aliphatic carbocycles. The van der Waals surface area contributed by atoms with Crippen LogP contribution in [0.5, 0.6) is 0 Å². The summed E-state index contributed by atoms with van der Waals surface area (Å²) >= 11 is 0. The van der Waals surface area contributed by atoms with E-state index < -0.39 is 11.9 Å². The molecule has 0 amide bonds. The molecule has 1 rings (SSSR count). The molecule has 0 heterocycles. The Bertz CT molecular complexity index is 490. The van der Waals surface area contributed by atoms with Crippen molar-refractivity contribution >= 4 is 11.9 Å². The maximum Gasteiger partial charge on any atom is 0.339 e. The highest BCUT2D eigenvalue weighted by atomic mass is 16.5. The average Bonchev–Trinajstić information content (AvgIpc) is 2.45. The fourth-order valence-corrected chi connectivity index (χ4v) is 1.30. The van der Waals surface area contributed by atoms with E-state index in [9.17, 15) is 9.59 Å². The molecule has 0 atom stereocenters. The highest BCUT2D eigenvalue weighted by molar-refractivity contribution is 6.03. The van der Waals surface area contributed by atoms with Crippen LogP contribution in [0.25, 0.3) is 0 Å². The Morgan fingerprint density at radius 3 is 2.11 bits per heavy atom. The van der Waals surface area contributed by atoms with Crippen LogP contribution >= 0.6 is 0 Å². The topological polar surface area (TPSA) is 72.8 Å². The first-order chi connectivity index (χ1) is 9.20. The molecule has 0 saturated carbocycles. The van der Waals surface area contributed by atoms with Gasteiger partial charge in [0.2, 0.25) is 0 Å². The van der Waals surface area contributed by atoms with Crippen LogP contribution in [0.4, 0.5) is 0 Å². The van der Waals surface area contributed by atoms with Crippen LogP contribution in [0.2, 0.25) is 0 Å². The van der Waals surface area contributed by atoms with E-state index in [1.54, 1.807) is 12.1 Å². The van der Waals surface area contributed by atoms with E-state index in [4.69, 9.17) is 14.6 Å². The van der Waals surface area contributed by atoms with Gasteiger partial charge in [0.15, 0.2) is 0 Å². The van der Waals surface area contributed by atoms with Crippen LogP contribution < -0.4 is 0 Å². The first-order valence-electron chi connectivity index (χ1n) is 5.54. The molecule has 1 N–H and O–H groups in total. The minimum Gasteiger partial charge on any atom is -0.516 e. The highest BCUT2D eigenvalue weighted by Gasteiger charge is 2.18. The Balaban J connectivity index is 2.85. The molecular formula is C14H14O5. The number of aliphatic hydroxyl groups excluding tert-OH is 1. The maximum absolute atomic E-state index is 11.8. The third-order valence-electron chi connectivity index (χ3n) is 2.12. The Labute approximate surface area is 110 Å². The van der Waals surface area contributed by atoms with Gasteiger partial charge in [0.1, 0.15) is 13.2 Å². The van der Waals surface area contributed by atoms with E-state index in [0.29, 0.717) is 0 Å². The molecule has 19 heavy (non-hydrogen) atoms. The van der Waals surface area contributed by atoms with Crippen molar-refractivity contribution in [2.75, 3.05) is 13.2 Å². The van der Waals surface area contributed by atoms with Gasteiger partial charge >= 0.3 is 11.9 Å². The Morgan fingerprint density at radius 1 is 1.11 bits per heavy atom. The number of carbonyl (C=O) groups excluding carboxylic acids is 2. The summed E-state index contributed by atoms with van der Waals surface area (Å²) in [5, 5.41) is 8.43. The molecule has 0 spiro atoms. The summed E-state index contributed by atoms with van der Waals surface area (Å²) in [6, 6.07) is 6.18. The maximum atomic E-state index is 11.8. The zero-order chi connectivity index (χ0) is 14.1. The van der Waals surface area contributed by atoms with Gasteiger partial charge < -0.3 is 14.6 Å². The molecule has 0 bridgehead atoms. The second-order valence-electron chi connectivity index (χ2n) is 3.42. The van der Waals surface area contributed by atoms with Gasteiger partial charge in [0.05, 0.1) is 17.4 Å². The van der Waals surface area contributed by atoms with Gasteiger partial charge in [-0.3, -0.25) is 0 Å². The van der Waals surface area contributed by atoms with Crippen LogP contribution in [-0.4, -0.2) is 30.3 Å². The second-order valence-corrected chi connectivity index (χ2v) is 3.42. The molecular weight excluding hydrogens is 248 g/mol. The number of ether oxygens (including phenoxy) is 2. The van der Waals surface area contributed by atoms with E-state index >= 15 is 0 Å². The Kier molecular flexibility index (Phi) is 5.88. The number of hydrogen-bond acceptors (Lipinski definition) is 5. The number of carbonyl (C=O) groups is 2. The molecule has 0 aliphatic heterocycles. The summed E-state index contributed by atoms with van der Waals surface area (Å²) < 4.78 is 9.73. The van der Waals surface area contributed by atoms with E-state index in [0.717, 1.165) is 6.26 Å². The molecule has 1 aromatic carbocycles. The monoisotopic (exact) mass is 262 g/mol. The lowest BCUT2D eigenvalue weighted by Gasteiger charge is -2.07. The van der Waals surface area contributed by atoms with Crippen LogP contribution in [0.3, 0.4) is 0 Å². The lowest BCUT2D eigenvalue weighted by Crippen LogP contribution is -2.14. The molecule has 0 fully saturated rings. The van der Waals surface area contributed by atoms with Gasteiger partial charge in [-0.15, -0.1) is 0 Å². The van der Waals surface area contributed by atoms with Crippen molar-refractivity contribution in [2.24, 2.45) is 0 Å². The summed E-state index contributed by atoms with van der Waals surface area (Å²) in [5.41, 5.74) is 0.241. The van der Waals surface area contributed by atoms with Crippen molar-refractivity contribution in [3.8, 4) is 0 Å². The van der Waals surface area contributed by atoms with Gasteiger partial charge in [-0.1, -0.05) is 24.8 Å². The lowest BCUT2D eigenvalue weighted by molar-refractivity contribution is 0.0502. The third-order valence-corrected chi connectivity index (χ3v) is 2.12. The molecule has 5 heteroatoms. The molecule has 0 aliphatic rings. The molecule has 1 aromatic rings. The van der Waals surface area contributed by atoms with E-state index in [-0.39, 0.29) is 24.3 Å². The number of hydrogen-bond donors (Lipinski definition) is 1. The van der Waals surface area contributed by atoms with Crippen LogP contribution in [0.15, 0.2) is 49.3 Å². The predicted molar refractivity (Wildman–Crippen MR) is 69.0 cm³/mol. The van der Waals surface area contributed by atoms with Gasteiger partial charge in [0.25, 0.3) is 0 Å². The number of aliphatic hydroxyl groups is 1. The standard InChI is InChI=1S/C14H14O5/c1-2-9-18-13(16)11-6-3-4-7-12(11)14(17)19-10-5-8-15/h2-8,15H,1,9-10H2. The normalized spacial score (nSPS) is 10.1. The molecule has 100 valence electrons. The summed E-state index contributed by atoms with van der Waals surface area (Å²) in [4.78, 5) is 23.5. The first-order valence-corrected chi connectivity index (χ1v) is 5.54. The van der Waals surface area contributed by atoms with Crippen molar-refractivity contribution < 1.29 is 24.2 Å². The zero-order valence-corrected chi connectivity index (χ0v) is 10.2. The van der Waals surface area contributed by atoms with Gasteiger partial charge in [-0.25, -0.2) is 9.59 Å². The quantitative estimate of drug-likeness (QED) is 0.483.